The lowest BCUT2D eigenvalue weighted by molar-refractivity contribution is 0.0712. The van der Waals surface area contributed by atoms with Gasteiger partial charge in [-0.05, 0) is 37.8 Å². The molecule has 0 aliphatic carbocycles. The van der Waals surface area contributed by atoms with Crippen molar-refractivity contribution in [2.24, 2.45) is 0 Å². The molecule has 0 radical (unpaired) electrons. The summed E-state index contributed by atoms with van der Waals surface area (Å²) in [7, 11) is 0. The average Bonchev–Trinajstić information content (AvgIpc) is 3.12. The third-order valence-electron chi connectivity index (χ3n) is 4.76. The summed E-state index contributed by atoms with van der Waals surface area (Å²) in [6.45, 7) is 3.67. The molecule has 9 heteroatoms. The van der Waals surface area contributed by atoms with Crippen LogP contribution >= 0.6 is 11.6 Å². The van der Waals surface area contributed by atoms with Crippen LogP contribution in [-0.4, -0.2) is 48.0 Å². The van der Waals surface area contributed by atoms with Gasteiger partial charge in [0, 0.05) is 31.0 Å². The number of aryl methyl sites for hydroxylation is 1. The van der Waals surface area contributed by atoms with E-state index in [1.807, 2.05) is 17.6 Å². The van der Waals surface area contributed by atoms with Crippen LogP contribution in [0.15, 0.2) is 29.2 Å². The van der Waals surface area contributed by atoms with Crippen LogP contribution in [0.3, 0.4) is 0 Å². The van der Waals surface area contributed by atoms with E-state index in [1.54, 1.807) is 17.2 Å². The lowest BCUT2D eigenvalue weighted by atomic mass is 10.1. The number of amides is 1. The molecular formula is C18H19ClN6O2. The van der Waals surface area contributed by atoms with Gasteiger partial charge in [0.1, 0.15) is 5.15 Å². The first-order valence-electron chi connectivity index (χ1n) is 8.90. The molecule has 1 amide bonds. The molecule has 3 aromatic rings. The molecule has 1 saturated heterocycles. The highest BCUT2D eigenvalue weighted by molar-refractivity contribution is 6.29. The predicted molar refractivity (Wildman–Crippen MR) is 100 cm³/mol. The van der Waals surface area contributed by atoms with E-state index in [0.29, 0.717) is 30.6 Å². The lowest BCUT2D eigenvalue weighted by Gasteiger charge is -2.25. The highest BCUT2D eigenvalue weighted by Gasteiger charge is 2.23. The molecule has 0 N–H and O–H groups in total. The lowest BCUT2D eigenvalue weighted by Crippen LogP contribution is -2.36. The van der Waals surface area contributed by atoms with Gasteiger partial charge in [0.15, 0.2) is 0 Å². The molecule has 0 bridgehead atoms. The van der Waals surface area contributed by atoms with Crippen molar-refractivity contribution in [1.29, 1.82) is 0 Å². The van der Waals surface area contributed by atoms with Crippen LogP contribution in [0.1, 0.15) is 41.1 Å². The van der Waals surface area contributed by atoms with E-state index in [4.69, 9.17) is 11.6 Å². The Hall–Kier alpha value is -2.74. The van der Waals surface area contributed by atoms with Crippen LogP contribution in [0.5, 0.6) is 0 Å². The molecule has 27 heavy (non-hydrogen) atoms. The summed E-state index contributed by atoms with van der Waals surface area (Å²) < 4.78 is 3.03. The summed E-state index contributed by atoms with van der Waals surface area (Å²) in [4.78, 5) is 35.3. The smallest absolute Gasteiger partial charge is 0.293 e. The molecular weight excluding hydrogens is 368 g/mol. The maximum atomic E-state index is 12.7. The second-order valence-electron chi connectivity index (χ2n) is 6.70. The van der Waals surface area contributed by atoms with Crippen molar-refractivity contribution in [3.63, 3.8) is 0 Å². The monoisotopic (exact) mass is 386 g/mol. The summed E-state index contributed by atoms with van der Waals surface area (Å²) in [5.74, 6) is 0.174. The Balaban J connectivity index is 1.75. The molecule has 0 unspecified atom stereocenters. The zero-order chi connectivity index (χ0) is 19.0. The van der Waals surface area contributed by atoms with Crippen LogP contribution in [0.2, 0.25) is 5.15 Å². The number of carbonyl (C=O) groups excluding carboxylic acids is 1. The number of rotatable bonds is 3. The van der Waals surface area contributed by atoms with Crippen molar-refractivity contribution in [2.45, 2.75) is 32.7 Å². The normalized spacial score (nSPS) is 14.7. The minimum Gasteiger partial charge on any atom is -0.336 e. The van der Waals surface area contributed by atoms with Gasteiger partial charge in [0.25, 0.3) is 11.5 Å². The topological polar surface area (TPSA) is 85.4 Å². The Labute approximate surface area is 160 Å². The SMILES string of the molecule is Cc1cc(=O)n2nc(C(=O)N3CCCCC3)nc2n1Cc1ccc(Cl)nc1. The summed E-state index contributed by atoms with van der Waals surface area (Å²) in [6, 6.07) is 5.06. The van der Waals surface area contributed by atoms with E-state index in [0.717, 1.165) is 30.5 Å². The van der Waals surface area contributed by atoms with Crippen molar-refractivity contribution in [3.8, 4) is 0 Å². The molecule has 4 heterocycles. The second-order valence-corrected chi connectivity index (χ2v) is 7.09. The second kappa shape index (κ2) is 7.11. The van der Waals surface area contributed by atoms with Crippen molar-refractivity contribution in [1.82, 2.24) is 29.0 Å². The number of fused-ring (bicyclic) bond motifs is 1. The predicted octanol–water partition coefficient (Wildman–Crippen LogP) is 1.92. The van der Waals surface area contributed by atoms with Gasteiger partial charge in [-0.2, -0.15) is 9.50 Å². The van der Waals surface area contributed by atoms with Gasteiger partial charge in [0.2, 0.25) is 11.6 Å². The number of carbonyl (C=O) groups is 1. The van der Waals surface area contributed by atoms with E-state index < -0.39 is 0 Å². The van der Waals surface area contributed by atoms with Crippen molar-refractivity contribution < 1.29 is 4.79 Å². The van der Waals surface area contributed by atoms with Crippen molar-refractivity contribution >= 4 is 23.3 Å². The first-order chi connectivity index (χ1) is 13.0. The molecule has 0 atom stereocenters. The standard InChI is InChI=1S/C18H19ClN6O2/c1-12-9-15(26)25-18(24(12)11-13-5-6-14(19)20-10-13)21-16(22-25)17(27)23-7-3-2-4-8-23/h5-6,9-10H,2-4,7-8,11H2,1H3. The molecule has 4 rings (SSSR count). The third kappa shape index (κ3) is 3.44. The first kappa shape index (κ1) is 17.7. The molecule has 1 fully saturated rings. The Kier molecular flexibility index (Phi) is 4.65. The van der Waals surface area contributed by atoms with Gasteiger partial charge in [-0.3, -0.25) is 9.59 Å². The highest BCUT2D eigenvalue weighted by Crippen LogP contribution is 2.14. The summed E-state index contributed by atoms with van der Waals surface area (Å²) >= 11 is 5.85. The summed E-state index contributed by atoms with van der Waals surface area (Å²) in [6.07, 6.45) is 4.76. The fourth-order valence-corrected chi connectivity index (χ4v) is 3.42. The van der Waals surface area contributed by atoms with Crippen LogP contribution in [0, 0.1) is 6.92 Å². The number of nitrogens with zero attached hydrogens (tertiary/aromatic N) is 6. The first-order valence-corrected chi connectivity index (χ1v) is 9.27. The van der Waals surface area contributed by atoms with Gasteiger partial charge in [-0.25, -0.2) is 4.98 Å². The van der Waals surface area contributed by atoms with Crippen LogP contribution in [-0.2, 0) is 6.54 Å². The average molecular weight is 387 g/mol. The number of piperidine rings is 1. The highest BCUT2D eigenvalue weighted by atomic mass is 35.5. The maximum Gasteiger partial charge on any atom is 0.293 e. The number of hydrogen-bond donors (Lipinski definition) is 0. The van der Waals surface area contributed by atoms with Crippen LogP contribution in [0.25, 0.3) is 5.78 Å². The molecule has 1 aliphatic heterocycles. The summed E-state index contributed by atoms with van der Waals surface area (Å²) in [5, 5.41) is 4.60. The van der Waals surface area contributed by atoms with E-state index in [2.05, 4.69) is 15.1 Å². The van der Waals surface area contributed by atoms with Crippen LogP contribution < -0.4 is 5.56 Å². The van der Waals surface area contributed by atoms with E-state index in [9.17, 15) is 9.59 Å². The Morgan fingerprint density at radius 1 is 1.22 bits per heavy atom. The molecule has 0 aromatic carbocycles. The fraction of sp³-hybridized carbons (Fsp3) is 0.389. The molecule has 0 saturated carbocycles. The number of aromatic nitrogens is 5. The zero-order valence-corrected chi connectivity index (χ0v) is 15.7. The molecule has 0 spiro atoms. The number of pyridine rings is 1. The number of likely N-dealkylation sites (tertiary alicyclic amines) is 1. The molecule has 1 aliphatic rings. The van der Waals surface area contributed by atoms with Gasteiger partial charge in [-0.1, -0.05) is 17.7 Å². The minimum atomic E-state index is -0.307. The van der Waals surface area contributed by atoms with Crippen molar-refractivity contribution in [3.05, 3.63) is 57.0 Å². The fourth-order valence-electron chi connectivity index (χ4n) is 3.31. The van der Waals surface area contributed by atoms with Gasteiger partial charge >= 0.3 is 0 Å². The van der Waals surface area contributed by atoms with Crippen LogP contribution in [0.4, 0.5) is 0 Å². The summed E-state index contributed by atoms with van der Waals surface area (Å²) in [5.41, 5.74) is 1.32. The van der Waals surface area contributed by atoms with Crippen molar-refractivity contribution in [2.75, 3.05) is 13.1 Å². The van der Waals surface area contributed by atoms with E-state index in [-0.39, 0.29) is 17.3 Å². The Morgan fingerprint density at radius 3 is 2.70 bits per heavy atom. The van der Waals surface area contributed by atoms with E-state index in [1.165, 1.54) is 10.6 Å². The Morgan fingerprint density at radius 2 is 2.00 bits per heavy atom. The molecule has 140 valence electrons. The van der Waals surface area contributed by atoms with E-state index >= 15 is 0 Å². The number of hydrogen-bond acceptors (Lipinski definition) is 5. The zero-order valence-electron chi connectivity index (χ0n) is 14.9. The number of halogens is 1. The maximum absolute atomic E-state index is 12.7. The quantitative estimate of drug-likeness (QED) is 0.642. The Bertz CT molecular complexity index is 1050. The third-order valence-corrected chi connectivity index (χ3v) is 4.99. The molecule has 3 aromatic heterocycles. The largest absolute Gasteiger partial charge is 0.336 e. The van der Waals surface area contributed by atoms with Gasteiger partial charge in [-0.15, -0.1) is 5.10 Å². The molecule has 8 nitrogen and oxygen atoms in total. The minimum absolute atomic E-state index is 0.0579. The van der Waals surface area contributed by atoms with Gasteiger partial charge < -0.3 is 9.47 Å². The van der Waals surface area contributed by atoms with Gasteiger partial charge in [0.05, 0.1) is 6.54 Å².